The van der Waals surface area contributed by atoms with Gasteiger partial charge in [0.2, 0.25) is 4.80 Å². The van der Waals surface area contributed by atoms with E-state index in [1.54, 1.807) is 17.6 Å². The molecule has 0 saturated heterocycles. The van der Waals surface area contributed by atoms with E-state index in [0.717, 1.165) is 16.1 Å². The normalized spacial score (nSPS) is 11.9. The number of thiazole rings is 1. The second-order valence-electron chi connectivity index (χ2n) is 4.92. The lowest BCUT2D eigenvalue weighted by atomic mass is 10.2. The summed E-state index contributed by atoms with van der Waals surface area (Å²) in [4.78, 5) is 0.857. The van der Waals surface area contributed by atoms with Crippen molar-refractivity contribution in [3.63, 3.8) is 0 Å². The van der Waals surface area contributed by atoms with Crippen LogP contribution in [0.4, 0.5) is 0 Å². The van der Waals surface area contributed by atoms with Crippen molar-refractivity contribution in [1.29, 1.82) is 0 Å². The zero-order chi connectivity index (χ0) is 15.9. The van der Waals surface area contributed by atoms with Crippen LogP contribution in [0, 0.1) is 0 Å². The molecule has 0 aliphatic carbocycles. The number of hydrogen-bond donors (Lipinski definition) is 0. The third-order valence-corrected chi connectivity index (χ3v) is 4.18. The molecule has 1 aromatic heterocycles. The number of aromatic nitrogens is 1. The van der Waals surface area contributed by atoms with Gasteiger partial charge in [-0.05, 0) is 11.1 Å². The third kappa shape index (κ3) is 3.73. The monoisotopic (exact) mass is 319 g/mol. The molecule has 0 saturated carbocycles. The first-order valence-corrected chi connectivity index (χ1v) is 8.23. The quantitative estimate of drug-likeness (QED) is 0.380. The average molecular weight is 319 g/mol. The smallest absolute Gasteiger partial charge is 0.211 e. The maximum absolute atomic E-state index is 4.37. The summed E-state index contributed by atoms with van der Waals surface area (Å²) in [6.07, 6.45) is 3.64. The molecule has 0 N–H and O–H groups in total. The van der Waals surface area contributed by atoms with E-state index in [9.17, 15) is 0 Å². The number of nitrogens with zero attached hydrogens (tertiary/aromatic N) is 3. The van der Waals surface area contributed by atoms with Gasteiger partial charge in [0.1, 0.15) is 0 Å². The van der Waals surface area contributed by atoms with E-state index < -0.39 is 0 Å². The lowest BCUT2D eigenvalue weighted by Crippen LogP contribution is -2.14. The minimum Gasteiger partial charge on any atom is -0.311 e. The summed E-state index contributed by atoms with van der Waals surface area (Å²) >= 11 is 1.58. The Bertz CT molecular complexity index is 858. The Morgan fingerprint density at radius 2 is 1.70 bits per heavy atom. The van der Waals surface area contributed by atoms with Crippen LogP contribution in [0.3, 0.4) is 0 Å². The molecule has 0 amide bonds. The first-order valence-electron chi connectivity index (χ1n) is 7.35. The first-order chi connectivity index (χ1) is 11.4. The van der Waals surface area contributed by atoms with Crippen LogP contribution in [0.1, 0.15) is 5.56 Å². The van der Waals surface area contributed by atoms with E-state index in [4.69, 9.17) is 0 Å². The van der Waals surface area contributed by atoms with Gasteiger partial charge in [-0.2, -0.15) is 5.10 Å². The maximum atomic E-state index is 4.37. The van der Waals surface area contributed by atoms with Crippen LogP contribution in [0.25, 0.3) is 11.3 Å². The van der Waals surface area contributed by atoms with E-state index in [1.807, 2.05) is 54.6 Å². The Balaban J connectivity index is 1.96. The topological polar surface area (TPSA) is 29.6 Å². The second-order valence-corrected chi connectivity index (χ2v) is 5.76. The highest BCUT2D eigenvalue weighted by Gasteiger charge is 2.06. The highest BCUT2D eigenvalue weighted by Crippen LogP contribution is 2.19. The van der Waals surface area contributed by atoms with E-state index in [2.05, 4.69) is 38.9 Å². The predicted octanol–water partition coefficient (Wildman–Crippen LogP) is 4.34. The summed E-state index contributed by atoms with van der Waals surface area (Å²) in [7, 11) is 0. The maximum Gasteiger partial charge on any atom is 0.211 e. The molecule has 0 fully saturated rings. The molecule has 3 aromatic rings. The van der Waals surface area contributed by atoms with Crippen LogP contribution in [-0.4, -0.2) is 10.8 Å². The number of benzene rings is 2. The van der Waals surface area contributed by atoms with Gasteiger partial charge in [0.15, 0.2) is 0 Å². The zero-order valence-electron chi connectivity index (χ0n) is 12.7. The second kappa shape index (κ2) is 7.51. The summed E-state index contributed by atoms with van der Waals surface area (Å²) in [5, 5.41) is 10.7. The summed E-state index contributed by atoms with van der Waals surface area (Å²) in [6.45, 7) is 4.54. The molecule has 1 heterocycles. The van der Waals surface area contributed by atoms with Crippen molar-refractivity contribution >= 4 is 17.6 Å². The van der Waals surface area contributed by atoms with E-state index in [1.165, 1.54) is 5.56 Å². The van der Waals surface area contributed by atoms with Crippen LogP contribution >= 0.6 is 11.3 Å². The number of rotatable bonds is 5. The van der Waals surface area contributed by atoms with Crippen molar-refractivity contribution in [3.8, 4) is 11.3 Å². The van der Waals surface area contributed by atoms with Gasteiger partial charge in [-0.25, -0.2) is 0 Å². The molecule has 0 atom stereocenters. The standard InChI is InChI=1S/C19H17N3S/c1-2-13-22-18(17-11-7-4-8-12-17)15-23-19(22)21-20-14-16-9-5-3-6-10-16/h2-12,14-15H,1,13H2/b20-14-,21-19-. The Morgan fingerprint density at radius 1 is 1.00 bits per heavy atom. The summed E-state index contributed by atoms with van der Waals surface area (Å²) in [5.41, 5.74) is 3.33. The van der Waals surface area contributed by atoms with Gasteiger partial charge in [0.05, 0.1) is 11.9 Å². The largest absolute Gasteiger partial charge is 0.311 e. The Kier molecular flexibility index (Phi) is 4.96. The van der Waals surface area contributed by atoms with Crippen LogP contribution in [0.15, 0.2) is 88.9 Å². The molecule has 0 aliphatic heterocycles. The van der Waals surface area contributed by atoms with Gasteiger partial charge in [0, 0.05) is 11.9 Å². The van der Waals surface area contributed by atoms with Gasteiger partial charge in [-0.3, -0.25) is 0 Å². The lowest BCUT2D eigenvalue weighted by molar-refractivity contribution is 0.789. The molecule has 4 heteroatoms. The molecule has 0 aliphatic rings. The minimum absolute atomic E-state index is 0.702. The van der Waals surface area contributed by atoms with E-state index >= 15 is 0 Å². The molecule has 23 heavy (non-hydrogen) atoms. The van der Waals surface area contributed by atoms with Crippen LogP contribution in [-0.2, 0) is 6.54 Å². The lowest BCUT2D eigenvalue weighted by Gasteiger charge is -2.05. The van der Waals surface area contributed by atoms with Crippen molar-refractivity contribution in [1.82, 2.24) is 4.57 Å². The Labute approximate surface area is 139 Å². The zero-order valence-corrected chi connectivity index (χ0v) is 13.5. The predicted molar refractivity (Wildman–Crippen MR) is 97.5 cm³/mol. The van der Waals surface area contributed by atoms with Gasteiger partial charge in [-0.15, -0.1) is 23.0 Å². The van der Waals surface area contributed by atoms with Gasteiger partial charge < -0.3 is 4.57 Å². The fraction of sp³-hybridized carbons (Fsp3) is 0.0526. The highest BCUT2D eigenvalue weighted by atomic mass is 32.1. The van der Waals surface area contributed by atoms with Crippen molar-refractivity contribution in [2.75, 3.05) is 0 Å². The summed E-state index contributed by atoms with van der Waals surface area (Å²) < 4.78 is 2.12. The molecule has 3 nitrogen and oxygen atoms in total. The third-order valence-electron chi connectivity index (χ3n) is 3.33. The number of allylic oxidation sites excluding steroid dienone is 1. The summed E-state index contributed by atoms with van der Waals surface area (Å²) in [5.74, 6) is 0. The summed E-state index contributed by atoms with van der Waals surface area (Å²) in [6, 6.07) is 20.2. The van der Waals surface area contributed by atoms with Gasteiger partial charge >= 0.3 is 0 Å². The van der Waals surface area contributed by atoms with E-state index in [0.29, 0.717) is 6.54 Å². The van der Waals surface area contributed by atoms with Crippen LogP contribution < -0.4 is 4.80 Å². The number of hydrogen-bond acceptors (Lipinski definition) is 3. The molecule has 0 unspecified atom stereocenters. The molecule has 2 aromatic carbocycles. The minimum atomic E-state index is 0.702. The fourth-order valence-electron chi connectivity index (χ4n) is 2.24. The van der Waals surface area contributed by atoms with Gasteiger partial charge in [-0.1, -0.05) is 66.7 Å². The molecule has 114 valence electrons. The Morgan fingerprint density at radius 3 is 2.39 bits per heavy atom. The highest BCUT2D eigenvalue weighted by molar-refractivity contribution is 7.07. The molecule has 0 spiro atoms. The molecule has 0 radical (unpaired) electrons. The molecule has 3 rings (SSSR count). The van der Waals surface area contributed by atoms with E-state index in [-0.39, 0.29) is 0 Å². The average Bonchev–Trinajstić information content (AvgIpc) is 3.00. The van der Waals surface area contributed by atoms with Crippen LogP contribution in [0.5, 0.6) is 0 Å². The van der Waals surface area contributed by atoms with Crippen molar-refractivity contribution in [3.05, 3.63) is 89.1 Å². The Hall–Kier alpha value is -2.72. The van der Waals surface area contributed by atoms with Gasteiger partial charge in [0.25, 0.3) is 0 Å². The van der Waals surface area contributed by atoms with Crippen molar-refractivity contribution in [2.45, 2.75) is 6.54 Å². The molecular weight excluding hydrogens is 302 g/mol. The first kappa shape index (κ1) is 15.2. The molecule has 0 bridgehead atoms. The fourth-order valence-corrected chi connectivity index (χ4v) is 3.11. The molecular formula is C19H17N3S. The van der Waals surface area contributed by atoms with Crippen LogP contribution in [0.2, 0.25) is 0 Å². The van der Waals surface area contributed by atoms with Crippen molar-refractivity contribution in [2.24, 2.45) is 10.2 Å². The SMILES string of the molecule is C=CCn1c(-c2ccccc2)cs/c1=N\N=C/c1ccccc1. The van der Waals surface area contributed by atoms with Crippen molar-refractivity contribution < 1.29 is 0 Å².